The largest absolute Gasteiger partial charge is 0.493 e. The highest BCUT2D eigenvalue weighted by Gasteiger charge is 2.16. The van der Waals surface area contributed by atoms with Gasteiger partial charge in [0.05, 0.1) is 14.2 Å². The smallest absolute Gasteiger partial charge is 0.164 e. The summed E-state index contributed by atoms with van der Waals surface area (Å²) in [5, 5.41) is 0. The maximum atomic E-state index is 6.20. The molecule has 2 rings (SSSR count). The Labute approximate surface area is 131 Å². The van der Waals surface area contributed by atoms with E-state index in [4.69, 9.17) is 19.9 Å². The number of benzene rings is 2. The van der Waals surface area contributed by atoms with Crippen molar-refractivity contribution in [1.29, 1.82) is 0 Å². The second kappa shape index (κ2) is 7.71. The van der Waals surface area contributed by atoms with Crippen LogP contribution in [0.5, 0.6) is 17.2 Å². The summed E-state index contributed by atoms with van der Waals surface area (Å²) >= 11 is 0. The lowest BCUT2D eigenvalue weighted by Gasteiger charge is -2.19. The predicted octanol–water partition coefficient (Wildman–Crippen LogP) is 3.69. The highest BCUT2D eigenvalue weighted by molar-refractivity contribution is 5.51. The summed E-state index contributed by atoms with van der Waals surface area (Å²) in [7, 11) is 3.22. The first-order chi connectivity index (χ1) is 10.7. The lowest BCUT2D eigenvalue weighted by atomic mass is 10.0. The average Bonchev–Trinajstić information content (AvgIpc) is 2.59. The lowest BCUT2D eigenvalue weighted by Crippen LogP contribution is -2.11. The van der Waals surface area contributed by atoms with Crippen LogP contribution >= 0.6 is 0 Å². The van der Waals surface area contributed by atoms with E-state index in [0.29, 0.717) is 18.1 Å². The normalized spacial score (nSPS) is 11.8. The molecule has 0 aromatic heterocycles. The molecule has 0 spiro atoms. The maximum absolute atomic E-state index is 6.20. The molecule has 0 heterocycles. The standard InChI is InChI=1S/C18H23NO3/c1-4-15(19)14-10-17(20-2)18(21-3)11-16(14)22-12-13-8-6-5-7-9-13/h5-11,15H,4,12,19H2,1-3H3/t15-/m1/s1. The van der Waals surface area contributed by atoms with Crippen LogP contribution in [0.25, 0.3) is 0 Å². The molecule has 4 nitrogen and oxygen atoms in total. The molecule has 0 unspecified atom stereocenters. The van der Waals surface area contributed by atoms with Gasteiger partial charge in [-0.2, -0.15) is 0 Å². The summed E-state index contributed by atoms with van der Waals surface area (Å²) in [6, 6.07) is 13.7. The van der Waals surface area contributed by atoms with Gasteiger partial charge < -0.3 is 19.9 Å². The summed E-state index contributed by atoms with van der Waals surface area (Å²) in [6.45, 7) is 2.53. The Kier molecular flexibility index (Phi) is 5.67. The minimum absolute atomic E-state index is 0.106. The quantitative estimate of drug-likeness (QED) is 0.847. The van der Waals surface area contributed by atoms with Crippen LogP contribution in [0.15, 0.2) is 42.5 Å². The van der Waals surface area contributed by atoms with Crippen molar-refractivity contribution >= 4 is 0 Å². The van der Waals surface area contributed by atoms with Crippen molar-refractivity contribution in [2.24, 2.45) is 5.73 Å². The predicted molar refractivity (Wildman–Crippen MR) is 87.5 cm³/mol. The van der Waals surface area contributed by atoms with Gasteiger partial charge in [0.1, 0.15) is 12.4 Å². The number of methoxy groups -OCH3 is 2. The zero-order valence-corrected chi connectivity index (χ0v) is 13.3. The number of hydrogen-bond acceptors (Lipinski definition) is 4. The molecule has 0 amide bonds. The molecule has 0 aliphatic carbocycles. The summed E-state index contributed by atoms with van der Waals surface area (Å²) < 4.78 is 16.7. The van der Waals surface area contributed by atoms with E-state index in [-0.39, 0.29) is 6.04 Å². The fraction of sp³-hybridized carbons (Fsp3) is 0.333. The number of ether oxygens (including phenoxy) is 3. The third-order valence-electron chi connectivity index (χ3n) is 3.59. The Bertz CT molecular complexity index is 599. The van der Waals surface area contributed by atoms with Gasteiger partial charge in [-0.05, 0) is 18.1 Å². The van der Waals surface area contributed by atoms with Crippen LogP contribution in [0.2, 0.25) is 0 Å². The molecule has 2 N–H and O–H groups in total. The minimum atomic E-state index is -0.106. The van der Waals surface area contributed by atoms with E-state index in [2.05, 4.69) is 0 Å². The Hall–Kier alpha value is -2.20. The van der Waals surface area contributed by atoms with Gasteiger partial charge in [-0.15, -0.1) is 0 Å². The zero-order valence-electron chi connectivity index (χ0n) is 13.3. The van der Waals surface area contributed by atoms with E-state index in [1.54, 1.807) is 14.2 Å². The first-order valence-corrected chi connectivity index (χ1v) is 7.37. The third-order valence-corrected chi connectivity index (χ3v) is 3.59. The Morgan fingerprint density at radius 2 is 1.59 bits per heavy atom. The van der Waals surface area contributed by atoms with Crippen LogP contribution in [0.3, 0.4) is 0 Å². The van der Waals surface area contributed by atoms with Gasteiger partial charge >= 0.3 is 0 Å². The molecule has 0 aliphatic rings. The molecule has 0 saturated heterocycles. The second-order valence-corrected chi connectivity index (χ2v) is 5.03. The highest BCUT2D eigenvalue weighted by atomic mass is 16.5. The van der Waals surface area contributed by atoms with Gasteiger partial charge in [0, 0.05) is 17.7 Å². The van der Waals surface area contributed by atoms with Gasteiger partial charge in [0.25, 0.3) is 0 Å². The molecule has 0 radical (unpaired) electrons. The molecule has 2 aromatic rings. The first kappa shape index (κ1) is 16.2. The van der Waals surface area contributed by atoms with Gasteiger partial charge in [-0.25, -0.2) is 0 Å². The van der Waals surface area contributed by atoms with Crippen molar-refractivity contribution in [3.63, 3.8) is 0 Å². The van der Waals surface area contributed by atoms with Crippen LogP contribution < -0.4 is 19.9 Å². The van der Waals surface area contributed by atoms with Crippen molar-refractivity contribution < 1.29 is 14.2 Å². The Morgan fingerprint density at radius 1 is 0.955 bits per heavy atom. The Morgan fingerprint density at radius 3 is 2.18 bits per heavy atom. The summed E-state index contributed by atoms with van der Waals surface area (Å²) in [6.07, 6.45) is 0.817. The van der Waals surface area contributed by atoms with E-state index in [9.17, 15) is 0 Å². The van der Waals surface area contributed by atoms with Gasteiger partial charge in [-0.1, -0.05) is 37.3 Å². The van der Waals surface area contributed by atoms with Gasteiger partial charge in [0.15, 0.2) is 11.5 Å². The van der Waals surface area contributed by atoms with E-state index in [0.717, 1.165) is 23.3 Å². The van der Waals surface area contributed by atoms with Crippen LogP contribution in [-0.2, 0) is 6.61 Å². The molecule has 2 aromatic carbocycles. The topological polar surface area (TPSA) is 53.7 Å². The fourth-order valence-electron chi connectivity index (χ4n) is 2.25. The molecular weight excluding hydrogens is 278 g/mol. The van der Waals surface area contributed by atoms with Crippen LogP contribution in [0.4, 0.5) is 0 Å². The zero-order chi connectivity index (χ0) is 15.9. The van der Waals surface area contributed by atoms with E-state index >= 15 is 0 Å². The van der Waals surface area contributed by atoms with Gasteiger partial charge in [0.2, 0.25) is 0 Å². The van der Waals surface area contributed by atoms with Crippen molar-refractivity contribution in [2.75, 3.05) is 14.2 Å². The number of hydrogen-bond donors (Lipinski definition) is 1. The van der Waals surface area contributed by atoms with Crippen LogP contribution in [0.1, 0.15) is 30.5 Å². The second-order valence-electron chi connectivity index (χ2n) is 5.03. The lowest BCUT2D eigenvalue weighted by molar-refractivity contribution is 0.294. The van der Waals surface area contributed by atoms with Crippen molar-refractivity contribution in [3.8, 4) is 17.2 Å². The summed E-state index contributed by atoms with van der Waals surface area (Å²) in [5.41, 5.74) is 8.23. The van der Waals surface area contributed by atoms with Crippen molar-refractivity contribution in [1.82, 2.24) is 0 Å². The molecule has 0 saturated carbocycles. The molecule has 118 valence electrons. The van der Waals surface area contributed by atoms with E-state index < -0.39 is 0 Å². The molecule has 1 atom stereocenters. The van der Waals surface area contributed by atoms with Gasteiger partial charge in [-0.3, -0.25) is 0 Å². The summed E-state index contributed by atoms with van der Waals surface area (Å²) in [4.78, 5) is 0. The SMILES string of the molecule is CC[C@@H](N)c1cc(OC)c(OC)cc1OCc1ccccc1. The van der Waals surface area contributed by atoms with Crippen LogP contribution in [-0.4, -0.2) is 14.2 Å². The minimum Gasteiger partial charge on any atom is -0.493 e. The molecule has 0 bridgehead atoms. The first-order valence-electron chi connectivity index (χ1n) is 7.37. The molecule has 4 heteroatoms. The highest BCUT2D eigenvalue weighted by Crippen LogP contribution is 2.38. The van der Waals surface area contributed by atoms with Crippen molar-refractivity contribution in [2.45, 2.75) is 26.0 Å². The fourth-order valence-corrected chi connectivity index (χ4v) is 2.25. The summed E-state index contributed by atoms with van der Waals surface area (Å²) in [5.74, 6) is 2.03. The number of rotatable bonds is 7. The molecule has 0 aliphatic heterocycles. The maximum Gasteiger partial charge on any atom is 0.164 e. The van der Waals surface area contributed by atoms with E-state index in [1.165, 1.54) is 0 Å². The average molecular weight is 301 g/mol. The molecule has 0 fully saturated rings. The number of nitrogens with two attached hydrogens (primary N) is 1. The molecule has 22 heavy (non-hydrogen) atoms. The molecular formula is C18H23NO3. The Balaban J connectivity index is 2.30. The monoisotopic (exact) mass is 301 g/mol. The third kappa shape index (κ3) is 3.71. The van der Waals surface area contributed by atoms with E-state index in [1.807, 2.05) is 49.4 Å². The van der Waals surface area contributed by atoms with Crippen molar-refractivity contribution in [3.05, 3.63) is 53.6 Å². The van der Waals surface area contributed by atoms with Crippen LogP contribution in [0, 0.1) is 0 Å².